The van der Waals surface area contributed by atoms with Gasteiger partial charge in [-0.1, -0.05) is 19.9 Å². The van der Waals surface area contributed by atoms with E-state index in [9.17, 15) is 0 Å². The van der Waals surface area contributed by atoms with Crippen molar-refractivity contribution in [2.24, 2.45) is 0 Å². The smallest absolute Gasteiger partial charge is 0.119 e. The van der Waals surface area contributed by atoms with Gasteiger partial charge in [0.1, 0.15) is 5.75 Å². The van der Waals surface area contributed by atoms with E-state index in [0.29, 0.717) is 0 Å². The molecule has 0 aliphatic rings. The first kappa shape index (κ1) is 15.0. The number of benzene rings is 1. The van der Waals surface area contributed by atoms with Crippen molar-refractivity contribution in [1.82, 2.24) is 5.32 Å². The van der Waals surface area contributed by atoms with Gasteiger partial charge < -0.3 is 15.2 Å². The van der Waals surface area contributed by atoms with Crippen LogP contribution in [0.4, 0.5) is 0 Å². The average Bonchev–Trinajstić information content (AvgIpc) is 2.42. The predicted molar refractivity (Wildman–Crippen MR) is 75.1 cm³/mol. The van der Waals surface area contributed by atoms with Gasteiger partial charge in [-0.2, -0.15) is 0 Å². The quantitative estimate of drug-likeness (QED) is 0.746. The average molecular weight is 251 g/mol. The Morgan fingerprint density at radius 2 is 2.11 bits per heavy atom. The summed E-state index contributed by atoms with van der Waals surface area (Å²) in [6, 6.07) is 6.46. The van der Waals surface area contributed by atoms with Gasteiger partial charge in [-0.15, -0.1) is 0 Å². The number of aliphatic hydroxyl groups excluding tert-OH is 1. The lowest BCUT2D eigenvalue weighted by molar-refractivity contribution is 0.268. The van der Waals surface area contributed by atoms with Crippen LogP contribution >= 0.6 is 0 Å². The predicted octanol–water partition coefficient (Wildman–Crippen LogP) is 2.68. The number of ether oxygens (including phenoxy) is 1. The maximum atomic E-state index is 9.10. The number of hydrogen-bond acceptors (Lipinski definition) is 3. The molecule has 0 saturated heterocycles. The summed E-state index contributed by atoms with van der Waals surface area (Å²) in [5.41, 5.74) is 2.55. The maximum Gasteiger partial charge on any atom is 0.119 e. The van der Waals surface area contributed by atoms with Crippen molar-refractivity contribution in [3.63, 3.8) is 0 Å². The molecule has 0 heterocycles. The Bertz CT molecular complexity index is 352. The molecule has 0 aliphatic heterocycles. The van der Waals surface area contributed by atoms with Crippen LogP contribution < -0.4 is 10.1 Å². The molecular formula is C15H25NO2. The third kappa shape index (κ3) is 4.00. The minimum Gasteiger partial charge on any atom is -0.494 e. The summed E-state index contributed by atoms with van der Waals surface area (Å²) < 4.78 is 5.66. The lowest BCUT2D eigenvalue weighted by Crippen LogP contribution is -2.19. The molecule has 102 valence electrons. The van der Waals surface area contributed by atoms with Gasteiger partial charge in [0.25, 0.3) is 0 Å². The Labute approximate surface area is 110 Å². The van der Waals surface area contributed by atoms with Gasteiger partial charge >= 0.3 is 0 Å². The van der Waals surface area contributed by atoms with Gasteiger partial charge in [-0.25, -0.2) is 0 Å². The van der Waals surface area contributed by atoms with E-state index < -0.39 is 0 Å². The van der Waals surface area contributed by atoms with Crippen LogP contribution in [-0.2, 0) is 6.42 Å². The van der Waals surface area contributed by atoms with Crippen LogP contribution in [-0.4, -0.2) is 25.4 Å². The topological polar surface area (TPSA) is 41.5 Å². The van der Waals surface area contributed by atoms with E-state index >= 15 is 0 Å². The molecule has 18 heavy (non-hydrogen) atoms. The molecular weight excluding hydrogens is 226 g/mol. The molecule has 1 atom stereocenters. The van der Waals surface area contributed by atoms with E-state index in [0.717, 1.165) is 31.6 Å². The van der Waals surface area contributed by atoms with Crippen LogP contribution in [0.5, 0.6) is 5.75 Å². The number of nitrogens with one attached hydrogen (secondary N) is 1. The highest BCUT2D eigenvalue weighted by Crippen LogP contribution is 2.25. The lowest BCUT2D eigenvalue weighted by Gasteiger charge is -2.19. The monoisotopic (exact) mass is 251 g/mol. The van der Waals surface area contributed by atoms with Crippen molar-refractivity contribution in [2.75, 3.05) is 20.3 Å². The molecule has 0 aliphatic carbocycles. The zero-order valence-corrected chi connectivity index (χ0v) is 11.7. The van der Waals surface area contributed by atoms with E-state index in [1.165, 1.54) is 11.1 Å². The third-order valence-corrected chi connectivity index (χ3v) is 3.11. The van der Waals surface area contributed by atoms with Gasteiger partial charge in [-0.3, -0.25) is 0 Å². The van der Waals surface area contributed by atoms with Gasteiger partial charge in [0.15, 0.2) is 0 Å². The second kappa shape index (κ2) is 8.11. The fourth-order valence-electron chi connectivity index (χ4n) is 2.12. The first-order valence-electron chi connectivity index (χ1n) is 6.80. The molecule has 0 fully saturated rings. The van der Waals surface area contributed by atoms with Crippen LogP contribution in [0.25, 0.3) is 0 Å². The lowest BCUT2D eigenvalue weighted by atomic mass is 9.96. The minimum absolute atomic E-state index is 0.197. The van der Waals surface area contributed by atoms with Crippen molar-refractivity contribution in [3.05, 3.63) is 29.3 Å². The molecule has 1 unspecified atom stereocenters. The molecule has 2 N–H and O–H groups in total. The summed E-state index contributed by atoms with van der Waals surface area (Å²) in [6.45, 7) is 5.21. The molecule has 0 radical (unpaired) electrons. The largest absolute Gasteiger partial charge is 0.494 e. The summed E-state index contributed by atoms with van der Waals surface area (Å²) in [4.78, 5) is 0. The SMILES string of the molecule is CCCOc1ccc(C(CCO)NC)c(CC)c1. The highest BCUT2D eigenvalue weighted by Gasteiger charge is 2.13. The van der Waals surface area contributed by atoms with E-state index in [4.69, 9.17) is 9.84 Å². The Morgan fingerprint density at radius 1 is 1.33 bits per heavy atom. The molecule has 0 saturated carbocycles. The second-order valence-electron chi connectivity index (χ2n) is 4.42. The molecule has 1 aromatic carbocycles. The van der Waals surface area contributed by atoms with E-state index in [1.54, 1.807) is 0 Å². The Balaban J connectivity index is 2.90. The molecule has 1 rings (SSSR count). The van der Waals surface area contributed by atoms with Crippen molar-refractivity contribution in [3.8, 4) is 5.75 Å². The van der Waals surface area contributed by atoms with Crippen LogP contribution in [0.3, 0.4) is 0 Å². The Morgan fingerprint density at radius 3 is 2.67 bits per heavy atom. The number of rotatable bonds is 8. The number of hydrogen-bond donors (Lipinski definition) is 2. The van der Waals surface area contributed by atoms with Crippen LogP contribution in [0.15, 0.2) is 18.2 Å². The summed E-state index contributed by atoms with van der Waals surface area (Å²) in [7, 11) is 1.93. The van der Waals surface area contributed by atoms with Crippen LogP contribution in [0.1, 0.15) is 43.9 Å². The standard InChI is InChI=1S/C15H25NO2/c1-4-10-18-13-6-7-14(12(5-2)11-13)15(16-3)8-9-17/h6-7,11,15-17H,4-5,8-10H2,1-3H3. The zero-order chi connectivity index (χ0) is 13.4. The molecule has 1 aromatic rings. The molecule has 3 nitrogen and oxygen atoms in total. The summed E-state index contributed by atoms with van der Waals surface area (Å²) >= 11 is 0. The fraction of sp³-hybridized carbons (Fsp3) is 0.600. The third-order valence-electron chi connectivity index (χ3n) is 3.11. The molecule has 0 spiro atoms. The Hall–Kier alpha value is -1.06. The van der Waals surface area contributed by atoms with E-state index in [-0.39, 0.29) is 12.6 Å². The highest BCUT2D eigenvalue weighted by molar-refractivity contribution is 5.37. The summed E-state index contributed by atoms with van der Waals surface area (Å²) in [5.74, 6) is 0.941. The maximum absolute atomic E-state index is 9.10. The van der Waals surface area contributed by atoms with Crippen LogP contribution in [0, 0.1) is 0 Å². The van der Waals surface area contributed by atoms with Crippen LogP contribution in [0.2, 0.25) is 0 Å². The van der Waals surface area contributed by atoms with Gasteiger partial charge in [0.05, 0.1) is 6.61 Å². The van der Waals surface area contributed by atoms with Crippen molar-refractivity contribution >= 4 is 0 Å². The second-order valence-corrected chi connectivity index (χ2v) is 4.42. The first-order chi connectivity index (χ1) is 8.76. The first-order valence-corrected chi connectivity index (χ1v) is 6.80. The number of aryl methyl sites for hydroxylation is 1. The molecule has 3 heteroatoms. The molecule has 0 amide bonds. The number of aliphatic hydroxyl groups is 1. The normalized spacial score (nSPS) is 12.4. The van der Waals surface area contributed by atoms with Crippen molar-refractivity contribution < 1.29 is 9.84 Å². The minimum atomic E-state index is 0.197. The highest BCUT2D eigenvalue weighted by atomic mass is 16.5. The summed E-state index contributed by atoms with van der Waals surface area (Å²) in [5, 5.41) is 12.4. The van der Waals surface area contributed by atoms with E-state index in [2.05, 4.69) is 31.3 Å². The summed E-state index contributed by atoms with van der Waals surface area (Å²) in [6.07, 6.45) is 2.73. The molecule has 0 bridgehead atoms. The molecule has 0 aromatic heterocycles. The van der Waals surface area contributed by atoms with Gasteiger partial charge in [0, 0.05) is 12.6 Å². The van der Waals surface area contributed by atoms with E-state index in [1.807, 2.05) is 13.1 Å². The zero-order valence-electron chi connectivity index (χ0n) is 11.7. The van der Waals surface area contributed by atoms with Gasteiger partial charge in [0.2, 0.25) is 0 Å². The van der Waals surface area contributed by atoms with Crippen molar-refractivity contribution in [2.45, 2.75) is 39.2 Å². The fourth-order valence-corrected chi connectivity index (χ4v) is 2.12. The van der Waals surface area contributed by atoms with Crippen molar-refractivity contribution in [1.29, 1.82) is 0 Å². The van der Waals surface area contributed by atoms with Gasteiger partial charge in [-0.05, 0) is 49.6 Å². The Kier molecular flexibility index (Phi) is 6.76.